The van der Waals surface area contributed by atoms with Crippen LogP contribution in [0, 0.1) is 11.8 Å². The van der Waals surface area contributed by atoms with Gasteiger partial charge in [0, 0.05) is 13.2 Å². The van der Waals surface area contributed by atoms with Crippen LogP contribution in [0.3, 0.4) is 0 Å². The number of carboxylic acids is 1. The zero-order chi connectivity index (χ0) is 13.8. The summed E-state index contributed by atoms with van der Waals surface area (Å²) in [5.41, 5.74) is -0.311. The molecule has 1 amide bonds. The lowest BCUT2D eigenvalue weighted by atomic mass is 9.97. The summed E-state index contributed by atoms with van der Waals surface area (Å²) < 4.78 is 0. The number of imidazole rings is 1. The van der Waals surface area contributed by atoms with Crippen molar-refractivity contribution in [2.75, 3.05) is 13.2 Å². The van der Waals surface area contributed by atoms with E-state index < -0.39 is 11.9 Å². The Kier molecular flexibility index (Phi) is 4.16. The quantitative estimate of drug-likeness (QED) is 0.610. The monoisotopic (exact) mass is 267 g/mol. The third-order valence-electron chi connectivity index (χ3n) is 3.64. The summed E-state index contributed by atoms with van der Waals surface area (Å²) in [6, 6.07) is 0. The fourth-order valence-corrected chi connectivity index (χ4v) is 2.56. The number of nitrogens with zero attached hydrogens (tertiary/aromatic N) is 1. The van der Waals surface area contributed by atoms with Crippen LogP contribution in [0.1, 0.15) is 40.2 Å². The van der Waals surface area contributed by atoms with Crippen LogP contribution in [0.4, 0.5) is 0 Å². The van der Waals surface area contributed by atoms with Crippen molar-refractivity contribution in [2.24, 2.45) is 11.8 Å². The molecule has 0 aromatic carbocycles. The van der Waals surface area contributed by atoms with Crippen molar-refractivity contribution < 1.29 is 19.8 Å². The Balaban J connectivity index is 1.94. The predicted molar refractivity (Wildman–Crippen MR) is 65.8 cm³/mol. The first-order valence-corrected chi connectivity index (χ1v) is 6.29. The van der Waals surface area contributed by atoms with Gasteiger partial charge in [-0.15, -0.1) is 0 Å². The number of hydrogen-bond acceptors (Lipinski definition) is 4. The fraction of sp³-hybridized carbons (Fsp3) is 0.583. The highest BCUT2D eigenvalue weighted by Gasteiger charge is 2.27. The van der Waals surface area contributed by atoms with Gasteiger partial charge in [0.25, 0.3) is 5.91 Å². The summed E-state index contributed by atoms with van der Waals surface area (Å²) in [5, 5.41) is 20.8. The van der Waals surface area contributed by atoms with Gasteiger partial charge in [-0.2, -0.15) is 0 Å². The molecule has 19 heavy (non-hydrogen) atoms. The Morgan fingerprint density at radius 1 is 1.42 bits per heavy atom. The highest BCUT2D eigenvalue weighted by Crippen LogP contribution is 2.30. The number of H-pyrrole nitrogens is 1. The van der Waals surface area contributed by atoms with Gasteiger partial charge < -0.3 is 20.5 Å². The van der Waals surface area contributed by atoms with Crippen molar-refractivity contribution in [3.05, 3.63) is 17.7 Å². The van der Waals surface area contributed by atoms with Gasteiger partial charge in [-0.1, -0.05) is 6.42 Å². The second-order valence-electron chi connectivity index (χ2n) is 4.77. The number of carboxylic acid groups (broad SMARTS) is 1. The van der Waals surface area contributed by atoms with Crippen LogP contribution >= 0.6 is 0 Å². The molecule has 2 rings (SSSR count). The second-order valence-corrected chi connectivity index (χ2v) is 4.77. The van der Waals surface area contributed by atoms with Crippen molar-refractivity contribution in [3.63, 3.8) is 0 Å². The van der Waals surface area contributed by atoms with E-state index in [9.17, 15) is 14.7 Å². The summed E-state index contributed by atoms with van der Waals surface area (Å²) in [6.07, 6.45) is 4.18. The summed E-state index contributed by atoms with van der Waals surface area (Å²) in [7, 11) is 0. The van der Waals surface area contributed by atoms with E-state index >= 15 is 0 Å². The van der Waals surface area contributed by atoms with Crippen molar-refractivity contribution in [1.29, 1.82) is 0 Å². The van der Waals surface area contributed by atoms with Gasteiger partial charge in [0.15, 0.2) is 11.4 Å². The van der Waals surface area contributed by atoms with Crippen LogP contribution in [-0.2, 0) is 0 Å². The first kappa shape index (κ1) is 13.5. The number of aromatic nitrogens is 2. The van der Waals surface area contributed by atoms with Crippen molar-refractivity contribution in [1.82, 2.24) is 15.3 Å². The molecule has 2 atom stereocenters. The third kappa shape index (κ3) is 2.93. The first-order valence-electron chi connectivity index (χ1n) is 6.29. The van der Waals surface area contributed by atoms with Gasteiger partial charge in [0.2, 0.25) is 0 Å². The molecule has 0 aliphatic heterocycles. The summed E-state index contributed by atoms with van der Waals surface area (Å²) >= 11 is 0. The summed E-state index contributed by atoms with van der Waals surface area (Å²) in [6.45, 7) is 0.569. The lowest BCUT2D eigenvalue weighted by Gasteiger charge is -2.17. The minimum absolute atomic E-state index is 0.106. The first-order chi connectivity index (χ1) is 9.13. The molecule has 7 heteroatoms. The lowest BCUT2D eigenvalue weighted by molar-refractivity contribution is 0.0684. The Hall–Kier alpha value is -1.89. The zero-order valence-corrected chi connectivity index (χ0v) is 10.4. The molecule has 2 unspecified atom stereocenters. The molecule has 104 valence electrons. The molecule has 7 nitrogen and oxygen atoms in total. The number of carbonyl (C=O) groups excluding carboxylic acids is 1. The smallest absolute Gasteiger partial charge is 0.354 e. The van der Waals surface area contributed by atoms with Gasteiger partial charge in [-0.05, 0) is 24.7 Å². The fourth-order valence-electron chi connectivity index (χ4n) is 2.56. The topological polar surface area (TPSA) is 115 Å². The molecule has 1 saturated carbocycles. The van der Waals surface area contributed by atoms with Crippen LogP contribution in [0.25, 0.3) is 0 Å². The van der Waals surface area contributed by atoms with Crippen LogP contribution in [0.2, 0.25) is 0 Å². The molecule has 4 N–H and O–H groups in total. The minimum atomic E-state index is -1.21. The number of hydrogen-bond donors (Lipinski definition) is 4. The average Bonchev–Trinajstić information content (AvgIpc) is 3.04. The van der Waals surface area contributed by atoms with E-state index in [1.54, 1.807) is 0 Å². The van der Waals surface area contributed by atoms with Gasteiger partial charge in [-0.25, -0.2) is 9.78 Å². The molecular weight excluding hydrogens is 250 g/mol. The minimum Gasteiger partial charge on any atom is -0.477 e. The predicted octanol–water partition coefficient (Wildman–Crippen LogP) is 0.246. The maximum absolute atomic E-state index is 11.9. The van der Waals surface area contributed by atoms with Gasteiger partial charge in [-0.3, -0.25) is 4.79 Å². The van der Waals surface area contributed by atoms with Gasteiger partial charge in [0.1, 0.15) is 0 Å². The molecule has 0 bridgehead atoms. The molecule has 1 aliphatic carbocycles. The van der Waals surface area contributed by atoms with E-state index in [0.29, 0.717) is 6.54 Å². The lowest BCUT2D eigenvalue weighted by Crippen LogP contribution is -2.32. The molecule has 1 fully saturated rings. The molecule has 0 spiro atoms. The standard InChI is InChI=1S/C12H17N3O4/c16-5-8-3-1-2-7(8)4-13-11(17)9-10(12(18)19)15-6-14-9/h6-8,16H,1-5H2,(H,13,17)(H,14,15)(H,18,19). The maximum atomic E-state index is 11.9. The SMILES string of the molecule is O=C(NCC1CCCC1CO)c1nc[nH]c1C(=O)O. The number of aliphatic hydroxyl groups is 1. The Morgan fingerprint density at radius 3 is 2.84 bits per heavy atom. The van der Waals surface area contributed by atoms with Gasteiger partial charge in [0.05, 0.1) is 6.33 Å². The van der Waals surface area contributed by atoms with E-state index in [1.807, 2.05) is 0 Å². The van der Waals surface area contributed by atoms with Crippen LogP contribution < -0.4 is 5.32 Å². The molecule has 0 saturated heterocycles. The van der Waals surface area contributed by atoms with Crippen LogP contribution in [-0.4, -0.2) is 45.2 Å². The number of nitrogens with one attached hydrogen (secondary N) is 2. The number of aromatic amines is 1. The van der Waals surface area contributed by atoms with Crippen LogP contribution in [0.15, 0.2) is 6.33 Å². The zero-order valence-electron chi connectivity index (χ0n) is 10.4. The summed E-state index contributed by atoms with van der Waals surface area (Å²) in [5.74, 6) is -1.24. The molecular formula is C12H17N3O4. The van der Waals surface area contributed by atoms with Gasteiger partial charge >= 0.3 is 5.97 Å². The van der Waals surface area contributed by atoms with E-state index in [-0.39, 0.29) is 29.8 Å². The Labute approximate surface area is 110 Å². The average molecular weight is 267 g/mol. The van der Waals surface area contributed by atoms with E-state index in [4.69, 9.17) is 5.11 Å². The van der Waals surface area contributed by atoms with E-state index in [2.05, 4.69) is 15.3 Å². The van der Waals surface area contributed by atoms with Crippen molar-refractivity contribution in [3.8, 4) is 0 Å². The highest BCUT2D eigenvalue weighted by atomic mass is 16.4. The largest absolute Gasteiger partial charge is 0.477 e. The number of rotatable bonds is 5. The molecule has 1 aliphatic rings. The maximum Gasteiger partial charge on any atom is 0.354 e. The van der Waals surface area contributed by atoms with Crippen LogP contribution in [0.5, 0.6) is 0 Å². The number of aliphatic hydroxyl groups excluding tert-OH is 1. The Bertz CT molecular complexity index is 471. The molecule has 1 aromatic rings. The molecule has 1 heterocycles. The van der Waals surface area contributed by atoms with E-state index in [1.165, 1.54) is 6.33 Å². The number of aromatic carboxylic acids is 1. The summed E-state index contributed by atoms with van der Waals surface area (Å²) in [4.78, 5) is 28.9. The number of amides is 1. The highest BCUT2D eigenvalue weighted by molar-refractivity contribution is 6.02. The molecule has 0 radical (unpaired) electrons. The number of carbonyl (C=O) groups is 2. The normalized spacial score (nSPS) is 22.4. The second kappa shape index (κ2) is 5.83. The molecule has 1 aromatic heterocycles. The van der Waals surface area contributed by atoms with E-state index in [0.717, 1.165) is 19.3 Å². The van der Waals surface area contributed by atoms with Crippen molar-refractivity contribution >= 4 is 11.9 Å². The Morgan fingerprint density at radius 2 is 2.16 bits per heavy atom. The third-order valence-corrected chi connectivity index (χ3v) is 3.64. The van der Waals surface area contributed by atoms with Crippen molar-refractivity contribution in [2.45, 2.75) is 19.3 Å².